The highest BCUT2D eigenvalue weighted by atomic mass is 127. The van der Waals surface area contributed by atoms with Crippen LogP contribution in [-0.2, 0) is 12.8 Å². The molecular formula is C21H32IN. The fraction of sp³-hybridized carbons (Fsp3) is 0.714. The summed E-state index contributed by atoms with van der Waals surface area (Å²) in [6, 6.07) is 5.49. The van der Waals surface area contributed by atoms with Gasteiger partial charge in [0.05, 0.1) is 0 Å². The van der Waals surface area contributed by atoms with Gasteiger partial charge in [0.1, 0.15) is 0 Å². The summed E-state index contributed by atoms with van der Waals surface area (Å²) in [6.45, 7) is 2.30. The van der Waals surface area contributed by atoms with E-state index in [4.69, 9.17) is 5.73 Å². The minimum Gasteiger partial charge on any atom is -0.328 e. The molecule has 0 aliphatic heterocycles. The Morgan fingerprint density at radius 1 is 1.09 bits per heavy atom. The van der Waals surface area contributed by atoms with Crippen molar-refractivity contribution in [2.24, 2.45) is 11.7 Å². The van der Waals surface area contributed by atoms with Crippen molar-refractivity contribution in [3.8, 4) is 0 Å². The van der Waals surface area contributed by atoms with Gasteiger partial charge in [-0.2, -0.15) is 0 Å². The molecule has 3 rings (SSSR count). The Labute approximate surface area is 155 Å². The molecule has 1 nitrogen and oxygen atoms in total. The van der Waals surface area contributed by atoms with E-state index in [1.165, 1.54) is 74.2 Å². The van der Waals surface area contributed by atoms with E-state index in [-0.39, 0.29) is 0 Å². The van der Waals surface area contributed by atoms with Gasteiger partial charge in [-0.1, -0.05) is 45.1 Å². The van der Waals surface area contributed by atoms with Gasteiger partial charge < -0.3 is 5.73 Å². The molecule has 2 heteroatoms. The molecule has 128 valence electrons. The zero-order valence-electron chi connectivity index (χ0n) is 14.6. The highest BCUT2D eigenvalue weighted by Gasteiger charge is 2.27. The van der Waals surface area contributed by atoms with Crippen LogP contribution in [0.3, 0.4) is 0 Å². The first-order valence-corrected chi connectivity index (χ1v) is 10.8. The van der Waals surface area contributed by atoms with E-state index in [1.54, 1.807) is 16.7 Å². The van der Waals surface area contributed by atoms with Gasteiger partial charge in [-0.05, 0) is 95.7 Å². The Kier molecular flexibility index (Phi) is 6.42. The Morgan fingerprint density at radius 3 is 2.70 bits per heavy atom. The summed E-state index contributed by atoms with van der Waals surface area (Å²) >= 11 is 2.57. The molecule has 0 radical (unpaired) electrons. The van der Waals surface area contributed by atoms with Crippen molar-refractivity contribution in [2.75, 3.05) is 0 Å². The molecule has 1 fully saturated rings. The average Bonchev–Trinajstić information content (AvgIpc) is 2.97. The van der Waals surface area contributed by atoms with E-state index in [2.05, 4.69) is 41.6 Å². The lowest BCUT2D eigenvalue weighted by atomic mass is 9.80. The molecule has 2 N–H and O–H groups in total. The SMILES string of the molecule is CCCCCC[C@H]1CCc2cc([C@H]3CCC(N)C3)c(I)cc2C1. The number of hydrogen-bond acceptors (Lipinski definition) is 1. The lowest BCUT2D eigenvalue weighted by Gasteiger charge is -2.27. The van der Waals surface area contributed by atoms with Crippen LogP contribution in [0.25, 0.3) is 0 Å². The first-order valence-electron chi connectivity index (χ1n) is 9.74. The van der Waals surface area contributed by atoms with Crippen LogP contribution in [0.1, 0.15) is 87.3 Å². The number of nitrogens with two attached hydrogens (primary N) is 1. The van der Waals surface area contributed by atoms with E-state index in [0.29, 0.717) is 12.0 Å². The molecule has 0 saturated heterocycles. The van der Waals surface area contributed by atoms with Gasteiger partial charge in [0.25, 0.3) is 0 Å². The highest BCUT2D eigenvalue weighted by Crippen LogP contribution is 2.39. The van der Waals surface area contributed by atoms with Crippen LogP contribution in [0.5, 0.6) is 0 Å². The lowest BCUT2D eigenvalue weighted by Crippen LogP contribution is -2.16. The van der Waals surface area contributed by atoms with Gasteiger partial charge in [-0.25, -0.2) is 0 Å². The summed E-state index contributed by atoms with van der Waals surface area (Å²) in [6.07, 6.45) is 14.8. The van der Waals surface area contributed by atoms with E-state index in [0.717, 1.165) is 5.92 Å². The minimum atomic E-state index is 0.430. The van der Waals surface area contributed by atoms with Crippen molar-refractivity contribution in [2.45, 2.75) is 89.5 Å². The number of fused-ring (bicyclic) bond motifs is 1. The zero-order valence-corrected chi connectivity index (χ0v) is 16.8. The molecule has 1 saturated carbocycles. The maximum atomic E-state index is 6.13. The van der Waals surface area contributed by atoms with Gasteiger partial charge >= 0.3 is 0 Å². The van der Waals surface area contributed by atoms with Crippen molar-refractivity contribution in [3.63, 3.8) is 0 Å². The summed E-state index contributed by atoms with van der Waals surface area (Å²) in [5, 5.41) is 0. The summed E-state index contributed by atoms with van der Waals surface area (Å²) < 4.78 is 1.49. The van der Waals surface area contributed by atoms with Crippen LogP contribution in [0, 0.1) is 9.49 Å². The smallest absolute Gasteiger partial charge is 0.0168 e. The van der Waals surface area contributed by atoms with Gasteiger partial charge in [-0.3, -0.25) is 0 Å². The van der Waals surface area contributed by atoms with E-state index in [9.17, 15) is 0 Å². The number of rotatable bonds is 6. The average molecular weight is 425 g/mol. The van der Waals surface area contributed by atoms with Crippen LogP contribution >= 0.6 is 22.6 Å². The summed E-state index contributed by atoms with van der Waals surface area (Å²) in [5.74, 6) is 1.65. The molecule has 1 aromatic rings. The monoisotopic (exact) mass is 425 g/mol. The van der Waals surface area contributed by atoms with Crippen molar-refractivity contribution >= 4 is 22.6 Å². The van der Waals surface area contributed by atoms with Crippen molar-refractivity contribution in [1.82, 2.24) is 0 Å². The maximum Gasteiger partial charge on any atom is 0.0168 e. The fourth-order valence-electron chi connectivity index (χ4n) is 4.59. The summed E-state index contributed by atoms with van der Waals surface area (Å²) in [7, 11) is 0. The second-order valence-electron chi connectivity index (χ2n) is 7.87. The molecule has 0 spiro atoms. The number of halogens is 1. The number of benzene rings is 1. The Balaban J connectivity index is 1.64. The fourth-order valence-corrected chi connectivity index (χ4v) is 5.56. The molecule has 0 bridgehead atoms. The largest absolute Gasteiger partial charge is 0.328 e. The predicted molar refractivity (Wildman–Crippen MR) is 108 cm³/mol. The Bertz CT molecular complexity index is 525. The van der Waals surface area contributed by atoms with Crippen molar-refractivity contribution in [1.29, 1.82) is 0 Å². The molecule has 1 unspecified atom stereocenters. The standard InChI is InChI=1S/C21H32IN/c1-2-3-4-5-6-15-7-8-16-13-20(17-9-10-19(23)12-17)21(22)14-18(16)11-15/h13-15,17,19H,2-12,23H2,1H3/t15-,17-,19?/m0/s1. The molecule has 0 heterocycles. The molecule has 2 aliphatic carbocycles. The van der Waals surface area contributed by atoms with E-state index >= 15 is 0 Å². The summed E-state index contributed by atoms with van der Waals surface area (Å²) in [5.41, 5.74) is 11.0. The second kappa shape index (κ2) is 8.33. The van der Waals surface area contributed by atoms with Gasteiger partial charge in [0.2, 0.25) is 0 Å². The van der Waals surface area contributed by atoms with Crippen LogP contribution in [0.2, 0.25) is 0 Å². The first-order chi connectivity index (χ1) is 11.2. The normalized spacial score (nSPS) is 27.2. The Morgan fingerprint density at radius 2 is 1.96 bits per heavy atom. The quantitative estimate of drug-likeness (QED) is 0.442. The van der Waals surface area contributed by atoms with Crippen LogP contribution in [0.4, 0.5) is 0 Å². The predicted octanol–water partition coefficient (Wildman–Crippen LogP) is 5.96. The molecule has 3 atom stereocenters. The number of unbranched alkanes of at least 4 members (excludes halogenated alkanes) is 3. The van der Waals surface area contributed by atoms with E-state index < -0.39 is 0 Å². The molecule has 2 aliphatic rings. The molecule has 0 amide bonds. The molecule has 1 aromatic carbocycles. The summed E-state index contributed by atoms with van der Waals surface area (Å²) in [4.78, 5) is 0. The van der Waals surface area contributed by atoms with Gasteiger partial charge in [0.15, 0.2) is 0 Å². The topological polar surface area (TPSA) is 26.0 Å². The Hall–Kier alpha value is -0.0900. The molecule has 23 heavy (non-hydrogen) atoms. The zero-order chi connectivity index (χ0) is 16.2. The van der Waals surface area contributed by atoms with Crippen molar-refractivity contribution in [3.05, 3.63) is 32.4 Å². The second-order valence-corrected chi connectivity index (χ2v) is 9.03. The van der Waals surface area contributed by atoms with E-state index in [1.807, 2.05) is 0 Å². The minimum absolute atomic E-state index is 0.430. The third kappa shape index (κ3) is 4.50. The maximum absolute atomic E-state index is 6.13. The third-order valence-electron chi connectivity index (χ3n) is 6.03. The first kappa shape index (κ1) is 17.7. The van der Waals surface area contributed by atoms with Gasteiger partial charge in [0, 0.05) is 9.61 Å². The van der Waals surface area contributed by atoms with Crippen LogP contribution in [-0.4, -0.2) is 6.04 Å². The van der Waals surface area contributed by atoms with Crippen LogP contribution in [0.15, 0.2) is 12.1 Å². The number of hydrogen-bond donors (Lipinski definition) is 1. The van der Waals surface area contributed by atoms with Crippen LogP contribution < -0.4 is 5.73 Å². The molecule has 0 aromatic heterocycles. The van der Waals surface area contributed by atoms with Crippen molar-refractivity contribution < 1.29 is 0 Å². The highest BCUT2D eigenvalue weighted by molar-refractivity contribution is 14.1. The number of aryl methyl sites for hydroxylation is 1. The molecular weight excluding hydrogens is 393 g/mol. The third-order valence-corrected chi connectivity index (χ3v) is 6.96. The lowest BCUT2D eigenvalue weighted by molar-refractivity contribution is 0.405. The van der Waals surface area contributed by atoms with Gasteiger partial charge in [-0.15, -0.1) is 0 Å².